The van der Waals surface area contributed by atoms with Gasteiger partial charge >= 0.3 is 5.97 Å². The van der Waals surface area contributed by atoms with Crippen molar-refractivity contribution in [3.05, 3.63) is 60.0 Å². The number of hydrogen-bond acceptors (Lipinski definition) is 6. The molecule has 0 unspecified atom stereocenters. The van der Waals surface area contributed by atoms with Gasteiger partial charge in [0.15, 0.2) is 5.82 Å². The zero-order valence-electron chi connectivity index (χ0n) is 14.6. The van der Waals surface area contributed by atoms with Gasteiger partial charge < -0.3 is 14.9 Å². The van der Waals surface area contributed by atoms with Crippen molar-refractivity contribution in [1.82, 2.24) is 15.1 Å². The van der Waals surface area contributed by atoms with Crippen molar-refractivity contribution in [3.63, 3.8) is 0 Å². The molecule has 0 amide bonds. The summed E-state index contributed by atoms with van der Waals surface area (Å²) in [5, 5.41) is 16.4. The predicted octanol–water partition coefficient (Wildman–Crippen LogP) is 3.36. The summed E-state index contributed by atoms with van der Waals surface area (Å²) >= 11 is 0. The number of anilines is 1. The number of nitrogens with zero attached hydrogens (tertiary/aromatic N) is 3. The average Bonchev–Trinajstić information content (AvgIpc) is 3.13. The zero-order valence-corrected chi connectivity index (χ0v) is 14.6. The fourth-order valence-electron chi connectivity index (χ4n) is 2.46. The minimum Gasteiger partial charge on any atom is -0.480 e. The molecule has 3 rings (SSSR count). The Morgan fingerprint density at radius 1 is 1.23 bits per heavy atom. The van der Waals surface area contributed by atoms with Crippen molar-refractivity contribution in [2.24, 2.45) is 0 Å². The minimum absolute atomic E-state index is 0.161. The third kappa shape index (κ3) is 4.24. The van der Waals surface area contributed by atoms with E-state index < -0.39 is 12.0 Å². The fourth-order valence-corrected chi connectivity index (χ4v) is 2.46. The Labute approximate surface area is 151 Å². The van der Waals surface area contributed by atoms with Crippen molar-refractivity contribution in [2.45, 2.75) is 32.2 Å². The molecule has 0 aliphatic rings. The number of benzene rings is 1. The number of rotatable bonds is 7. The van der Waals surface area contributed by atoms with Gasteiger partial charge in [-0.1, -0.05) is 49.3 Å². The van der Waals surface area contributed by atoms with Crippen LogP contribution in [0.25, 0.3) is 11.5 Å². The summed E-state index contributed by atoms with van der Waals surface area (Å²) in [5.74, 6) is 0.665. The predicted molar refractivity (Wildman–Crippen MR) is 96.8 cm³/mol. The van der Waals surface area contributed by atoms with Crippen LogP contribution in [-0.4, -0.2) is 32.2 Å². The molecule has 0 aliphatic carbocycles. The van der Waals surface area contributed by atoms with Gasteiger partial charge in [-0.05, 0) is 17.7 Å². The molecule has 0 aliphatic heterocycles. The zero-order chi connectivity index (χ0) is 18.5. The van der Waals surface area contributed by atoms with Gasteiger partial charge in [0.1, 0.15) is 11.9 Å². The topological polar surface area (TPSA) is 101 Å². The highest BCUT2D eigenvalue weighted by Crippen LogP contribution is 2.22. The van der Waals surface area contributed by atoms with Gasteiger partial charge in [-0.15, -0.1) is 0 Å². The second-order valence-electron chi connectivity index (χ2n) is 6.27. The SMILES string of the molecule is CC(C)c1noc(-c2ccnc(N[C@H](Cc3ccccc3)C(=O)O)c2)n1. The van der Waals surface area contributed by atoms with Crippen LogP contribution in [0, 0.1) is 0 Å². The number of aliphatic carboxylic acids is 1. The third-order valence-corrected chi connectivity index (χ3v) is 3.87. The summed E-state index contributed by atoms with van der Waals surface area (Å²) in [4.78, 5) is 20.2. The summed E-state index contributed by atoms with van der Waals surface area (Å²) in [6, 6.07) is 12.1. The maximum Gasteiger partial charge on any atom is 0.326 e. The molecule has 26 heavy (non-hydrogen) atoms. The molecule has 3 aromatic rings. The van der Waals surface area contributed by atoms with Crippen molar-refractivity contribution < 1.29 is 14.4 Å². The molecule has 0 saturated heterocycles. The van der Waals surface area contributed by atoms with Crippen LogP contribution in [0.15, 0.2) is 53.2 Å². The molecule has 0 bridgehead atoms. The van der Waals surface area contributed by atoms with Crippen LogP contribution in [0.4, 0.5) is 5.82 Å². The third-order valence-electron chi connectivity index (χ3n) is 3.87. The minimum atomic E-state index is -0.944. The fraction of sp³-hybridized carbons (Fsp3) is 0.263. The number of aromatic nitrogens is 3. The van der Waals surface area contributed by atoms with E-state index >= 15 is 0 Å². The standard InChI is InChI=1S/C19H20N4O3/c1-12(2)17-22-18(26-23-17)14-8-9-20-16(11-14)21-15(19(24)25)10-13-6-4-3-5-7-13/h3-9,11-12,15H,10H2,1-2H3,(H,20,21)(H,24,25)/t15-/m1/s1. The molecular weight excluding hydrogens is 332 g/mol. The van der Waals surface area contributed by atoms with E-state index in [2.05, 4.69) is 20.4 Å². The Kier molecular flexibility index (Phi) is 5.26. The number of carbonyl (C=O) groups is 1. The largest absolute Gasteiger partial charge is 0.480 e. The van der Waals surface area contributed by atoms with E-state index in [0.29, 0.717) is 29.5 Å². The van der Waals surface area contributed by atoms with E-state index in [1.54, 1.807) is 18.3 Å². The van der Waals surface area contributed by atoms with Crippen molar-refractivity contribution in [1.29, 1.82) is 0 Å². The van der Waals surface area contributed by atoms with Crippen LogP contribution >= 0.6 is 0 Å². The molecule has 0 spiro atoms. The van der Waals surface area contributed by atoms with E-state index in [1.165, 1.54) is 0 Å². The van der Waals surface area contributed by atoms with Gasteiger partial charge in [0.2, 0.25) is 0 Å². The highest BCUT2D eigenvalue weighted by atomic mass is 16.5. The van der Waals surface area contributed by atoms with E-state index in [9.17, 15) is 9.90 Å². The van der Waals surface area contributed by atoms with E-state index in [-0.39, 0.29) is 5.92 Å². The van der Waals surface area contributed by atoms with E-state index in [0.717, 1.165) is 5.56 Å². The smallest absolute Gasteiger partial charge is 0.326 e. The summed E-state index contributed by atoms with van der Waals surface area (Å²) in [7, 11) is 0. The molecule has 0 radical (unpaired) electrons. The Morgan fingerprint density at radius 2 is 2.00 bits per heavy atom. The molecule has 7 nitrogen and oxygen atoms in total. The Morgan fingerprint density at radius 3 is 2.65 bits per heavy atom. The van der Waals surface area contributed by atoms with Crippen LogP contribution in [0.1, 0.15) is 31.2 Å². The maximum absolute atomic E-state index is 11.6. The summed E-state index contributed by atoms with van der Waals surface area (Å²) < 4.78 is 5.28. The van der Waals surface area contributed by atoms with E-state index in [4.69, 9.17) is 4.52 Å². The van der Waals surface area contributed by atoms with Gasteiger partial charge in [-0.25, -0.2) is 9.78 Å². The number of carboxylic acid groups (broad SMARTS) is 1. The molecule has 1 atom stereocenters. The van der Waals surface area contributed by atoms with Crippen LogP contribution in [0.5, 0.6) is 0 Å². The molecule has 2 aromatic heterocycles. The number of pyridine rings is 1. The summed E-state index contributed by atoms with van der Waals surface area (Å²) in [5.41, 5.74) is 1.62. The van der Waals surface area contributed by atoms with Gasteiger partial charge in [0.05, 0.1) is 0 Å². The van der Waals surface area contributed by atoms with Gasteiger partial charge in [0.25, 0.3) is 5.89 Å². The first kappa shape index (κ1) is 17.6. The molecule has 0 fully saturated rings. The summed E-state index contributed by atoms with van der Waals surface area (Å²) in [6.45, 7) is 3.96. The quantitative estimate of drug-likeness (QED) is 0.672. The molecule has 2 N–H and O–H groups in total. The lowest BCUT2D eigenvalue weighted by molar-refractivity contribution is -0.137. The first-order valence-corrected chi connectivity index (χ1v) is 8.36. The lowest BCUT2D eigenvalue weighted by atomic mass is 10.1. The molecule has 0 saturated carbocycles. The van der Waals surface area contributed by atoms with Gasteiger partial charge in [0, 0.05) is 24.1 Å². The second kappa shape index (κ2) is 7.77. The Balaban J connectivity index is 1.78. The number of carboxylic acids is 1. The van der Waals surface area contributed by atoms with Crippen molar-refractivity contribution in [2.75, 3.05) is 5.32 Å². The first-order chi connectivity index (χ1) is 12.5. The Hall–Kier alpha value is -3.22. The van der Waals surface area contributed by atoms with Crippen LogP contribution in [-0.2, 0) is 11.2 Å². The first-order valence-electron chi connectivity index (χ1n) is 8.36. The molecule has 2 heterocycles. The molecular formula is C19H20N4O3. The maximum atomic E-state index is 11.6. The molecule has 7 heteroatoms. The lowest BCUT2D eigenvalue weighted by Crippen LogP contribution is -2.31. The lowest BCUT2D eigenvalue weighted by Gasteiger charge is -2.15. The van der Waals surface area contributed by atoms with Crippen LogP contribution in [0.2, 0.25) is 0 Å². The second-order valence-corrected chi connectivity index (χ2v) is 6.27. The molecule has 1 aromatic carbocycles. The number of hydrogen-bond donors (Lipinski definition) is 2. The number of nitrogens with one attached hydrogen (secondary N) is 1. The van der Waals surface area contributed by atoms with Crippen molar-refractivity contribution in [3.8, 4) is 11.5 Å². The normalized spacial score (nSPS) is 12.1. The van der Waals surface area contributed by atoms with Crippen molar-refractivity contribution >= 4 is 11.8 Å². The average molecular weight is 352 g/mol. The van der Waals surface area contributed by atoms with Gasteiger partial charge in [-0.2, -0.15) is 4.98 Å². The summed E-state index contributed by atoms with van der Waals surface area (Å²) in [6.07, 6.45) is 1.93. The van der Waals surface area contributed by atoms with Crippen LogP contribution < -0.4 is 5.32 Å². The monoisotopic (exact) mass is 352 g/mol. The highest BCUT2D eigenvalue weighted by Gasteiger charge is 2.19. The highest BCUT2D eigenvalue weighted by molar-refractivity contribution is 5.77. The van der Waals surface area contributed by atoms with Crippen LogP contribution in [0.3, 0.4) is 0 Å². The van der Waals surface area contributed by atoms with E-state index in [1.807, 2.05) is 44.2 Å². The molecule has 134 valence electrons. The Bertz CT molecular complexity index is 877. The van der Waals surface area contributed by atoms with Gasteiger partial charge in [-0.3, -0.25) is 0 Å².